The Morgan fingerprint density at radius 3 is 2.52 bits per heavy atom. The second-order valence-electron chi connectivity index (χ2n) is 5.28. The Hall–Kier alpha value is -2.54. The molecule has 0 aliphatic heterocycles. The lowest BCUT2D eigenvalue weighted by atomic mass is 10.0. The number of aryl methyl sites for hydroxylation is 1. The molecule has 0 aliphatic carbocycles. The van der Waals surface area contributed by atoms with Crippen molar-refractivity contribution in [3.05, 3.63) is 47.4 Å². The fourth-order valence-corrected chi connectivity index (χ4v) is 2.70. The van der Waals surface area contributed by atoms with E-state index in [1.54, 1.807) is 4.52 Å². The number of aromatic nitrogens is 3. The molecular formula is C16H16F2N4O. The van der Waals surface area contributed by atoms with Crippen LogP contribution in [0, 0.1) is 11.6 Å². The van der Waals surface area contributed by atoms with Crippen LogP contribution in [0.3, 0.4) is 0 Å². The molecule has 0 amide bonds. The molecule has 0 spiro atoms. The molecule has 0 atom stereocenters. The number of nitrogens with two attached hydrogens (primary N) is 1. The predicted molar refractivity (Wildman–Crippen MR) is 82.7 cm³/mol. The van der Waals surface area contributed by atoms with Gasteiger partial charge in [0, 0.05) is 16.8 Å². The number of hydrogen-bond donors (Lipinski definition) is 2. The molecule has 5 nitrogen and oxygen atoms in total. The van der Waals surface area contributed by atoms with Gasteiger partial charge in [0.1, 0.15) is 23.5 Å². The van der Waals surface area contributed by atoms with Gasteiger partial charge in [-0.25, -0.2) is 18.3 Å². The van der Waals surface area contributed by atoms with E-state index in [0.717, 1.165) is 18.5 Å². The summed E-state index contributed by atoms with van der Waals surface area (Å²) in [5.74, 6) is -1.35. The van der Waals surface area contributed by atoms with E-state index in [-0.39, 0.29) is 11.4 Å². The van der Waals surface area contributed by atoms with Gasteiger partial charge in [0.2, 0.25) is 0 Å². The summed E-state index contributed by atoms with van der Waals surface area (Å²) in [6, 6.07) is 4.19. The zero-order valence-electron chi connectivity index (χ0n) is 12.6. The lowest BCUT2D eigenvalue weighted by molar-refractivity contribution is 0.269. The minimum atomic E-state index is -0.797. The third-order valence-electron chi connectivity index (χ3n) is 3.77. The van der Waals surface area contributed by atoms with Crippen LogP contribution in [0.15, 0.2) is 24.5 Å². The van der Waals surface area contributed by atoms with Gasteiger partial charge in [-0.1, -0.05) is 13.3 Å². The number of aliphatic hydroxyl groups excluding tert-OH is 1. The molecule has 3 rings (SSSR count). The quantitative estimate of drug-likeness (QED) is 0.775. The van der Waals surface area contributed by atoms with Gasteiger partial charge in [0.15, 0.2) is 5.82 Å². The van der Waals surface area contributed by atoms with Crippen LogP contribution < -0.4 is 5.73 Å². The Morgan fingerprint density at radius 1 is 1.22 bits per heavy atom. The molecule has 0 bridgehead atoms. The number of nitrogen functional groups attached to an aromatic ring is 1. The van der Waals surface area contributed by atoms with Crippen molar-refractivity contribution in [2.45, 2.75) is 26.4 Å². The molecule has 23 heavy (non-hydrogen) atoms. The van der Waals surface area contributed by atoms with Crippen LogP contribution in [0.4, 0.5) is 14.6 Å². The third kappa shape index (κ3) is 2.53. The van der Waals surface area contributed by atoms with Gasteiger partial charge in [-0.2, -0.15) is 5.10 Å². The maximum absolute atomic E-state index is 14.0. The molecule has 0 fully saturated rings. The summed E-state index contributed by atoms with van der Waals surface area (Å²) in [6.07, 6.45) is 2.99. The van der Waals surface area contributed by atoms with Gasteiger partial charge >= 0.3 is 0 Å². The van der Waals surface area contributed by atoms with Gasteiger partial charge in [-0.05, 0) is 30.2 Å². The summed E-state index contributed by atoms with van der Waals surface area (Å²) in [4.78, 5) is 3.96. The molecule has 1 aromatic carbocycles. The number of fused-ring (bicyclic) bond motifs is 1. The molecule has 0 radical (unpaired) electrons. The average Bonchev–Trinajstić information content (AvgIpc) is 2.88. The smallest absolute Gasteiger partial charge is 0.151 e. The average molecular weight is 318 g/mol. The standard InChI is InChI=1S/C16H16F2N4O/c1-2-3-10-6-11(15-16(19)20-8-21-22(10)15)9-4-13(17)12(7-23)14(18)5-9/h4-6,8,23H,2-3,7H2,1H3,(H2,19,20,21). The zero-order valence-corrected chi connectivity index (χ0v) is 12.6. The number of nitrogens with zero attached hydrogens (tertiary/aromatic N) is 3. The molecular weight excluding hydrogens is 302 g/mol. The highest BCUT2D eigenvalue weighted by atomic mass is 19.1. The van der Waals surface area contributed by atoms with Crippen LogP contribution in [0.1, 0.15) is 24.6 Å². The second kappa shape index (κ2) is 5.92. The molecule has 0 aliphatic rings. The Balaban J connectivity index is 2.28. The van der Waals surface area contributed by atoms with E-state index in [2.05, 4.69) is 10.1 Å². The van der Waals surface area contributed by atoms with Gasteiger partial charge in [-0.3, -0.25) is 0 Å². The summed E-state index contributed by atoms with van der Waals surface area (Å²) in [6.45, 7) is 1.33. The number of anilines is 1. The lowest BCUT2D eigenvalue weighted by Gasteiger charge is -2.06. The minimum absolute atomic E-state index is 0.240. The van der Waals surface area contributed by atoms with Crippen molar-refractivity contribution in [1.29, 1.82) is 0 Å². The number of rotatable bonds is 4. The van der Waals surface area contributed by atoms with Crippen molar-refractivity contribution >= 4 is 11.3 Å². The fourth-order valence-electron chi connectivity index (χ4n) is 2.70. The molecule has 120 valence electrons. The number of aliphatic hydroxyl groups is 1. The molecule has 7 heteroatoms. The van der Waals surface area contributed by atoms with Crippen LogP contribution in [-0.4, -0.2) is 19.7 Å². The van der Waals surface area contributed by atoms with Crippen LogP contribution in [0.2, 0.25) is 0 Å². The molecule has 3 aromatic rings. The summed E-state index contributed by atoms with van der Waals surface area (Å²) in [5.41, 5.74) is 7.89. The first-order valence-electron chi connectivity index (χ1n) is 7.27. The first-order valence-corrected chi connectivity index (χ1v) is 7.27. The van der Waals surface area contributed by atoms with Crippen molar-refractivity contribution in [2.75, 3.05) is 5.73 Å². The highest BCUT2D eigenvalue weighted by molar-refractivity contribution is 5.88. The zero-order chi connectivity index (χ0) is 16.6. The Bertz CT molecular complexity index is 853. The van der Waals surface area contributed by atoms with Crippen LogP contribution in [-0.2, 0) is 13.0 Å². The number of halogens is 2. The predicted octanol–water partition coefficient (Wildman–Crippen LogP) is 2.70. The molecule has 0 unspecified atom stereocenters. The summed E-state index contributed by atoms with van der Waals surface area (Å²) in [7, 11) is 0. The van der Waals surface area contributed by atoms with Gasteiger partial charge in [-0.15, -0.1) is 0 Å². The summed E-state index contributed by atoms with van der Waals surface area (Å²) in [5, 5.41) is 13.2. The molecule has 2 aromatic heterocycles. The molecule has 0 saturated heterocycles. The SMILES string of the molecule is CCCc1cc(-c2cc(F)c(CO)c(F)c2)c2c(N)ncnn12. The maximum Gasteiger partial charge on any atom is 0.151 e. The van der Waals surface area contributed by atoms with Gasteiger partial charge in [0.05, 0.1) is 6.61 Å². The summed E-state index contributed by atoms with van der Waals surface area (Å²) < 4.78 is 29.6. The van der Waals surface area contributed by atoms with E-state index in [0.29, 0.717) is 16.6 Å². The molecule has 0 saturated carbocycles. The highest BCUT2D eigenvalue weighted by Gasteiger charge is 2.18. The first kappa shape index (κ1) is 15.4. The lowest BCUT2D eigenvalue weighted by Crippen LogP contribution is -2.02. The van der Waals surface area contributed by atoms with Crippen molar-refractivity contribution in [3.8, 4) is 11.1 Å². The van der Waals surface area contributed by atoms with Gasteiger partial charge in [0.25, 0.3) is 0 Å². The molecule has 2 heterocycles. The second-order valence-corrected chi connectivity index (χ2v) is 5.28. The van der Waals surface area contributed by atoms with Crippen LogP contribution >= 0.6 is 0 Å². The normalized spacial score (nSPS) is 11.3. The highest BCUT2D eigenvalue weighted by Crippen LogP contribution is 2.32. The first-order chi connectivity index (χ1) is 11.1. The third-order valence-corrected chi connectivity index (χ3v) is 3.77. The Kier molecular flexibility index (Phi) is 3.96. The fraction of sp³-hybridized carbons (Fsp3) is 0.250. The van der Waals surface area contributed by atoms with Gasteiger partial charge < -0.3 is 10.8 Å². The van der Waals surface area contributed by atoms with E-state index in [9.17, 15) is 8.78 Å². The summed E-state index contributed by atoms with van der Waals surface area (Å²) >= 11 is 0. The van der Waals surface area contributed by atoms with Crippen molar-refractivity contribution in [2.24, 2.45) is 0 Å². The molecule has 3 N–H and O–H groups in total. The van der Waals surface area contributed by atoms with Crippen LogP contribution in [0.5, 0.6) is 0 Å². The van der Waals surface area contributed by atoms with Crippen molar-refractivity contribution in [1.82, 2.24) is 14.6 Å². The van der Waals surface area contributed by atoms with Crippen LogP contribution in [0.25, 0.3) is 16.6 Å². The largest absolute Gasteiger partial charge is 0.391 e. The Labute approximate surface area is 131 Å². The number of benzene rings is 1. The van der Waals surface area contributed by atoms with E-state index in [1.807, 2.05) is 13.0 Å². The topological polar surface area (TPSA) is 76.4 Å². The maximum atomic E-state index is 14.0. The van der Waals surface area contributed by atoms with Crippen molar-refractivity contribution in [3.63, 3.8) is 0 Å². The van der Waals surface area contributed by atoms with Crippen molar-refractivity contribution < 1.29 is 13.9 Å². The van der Waals surface area contributed by atoms with E-state index in [1.165, 1.54) is 18.5 Å². The Morgan fingerprint density at radius 2 is 1.91 bits per heavy atom. The monoisotopic (exact) mass is 318 g/mol. The minimum Gasteiger partial charge on any atom is -0.391 e. The number of hydrogen-bond acceptors (Lipinski definition) is 4. The van der Waals surface area contributed by atoms with E-state index >= 15 is 0 Å². The van der Waals surface area contributed by atoms with E-state index < -0.39 is 18.2 Å². The van der Waals surface area contributed by atoms with E-state index in [4.69, 9.17) is 10.8 Å².